The number of rotatable bonds is 4. The zero-order valence-corrected chi connectivity index (χ0v) is 19.9. The summed E-state index contributed by atoms with van der Waals surface area (Å²) in [5, 5.41) is 2.99. The molecule has 0 radical (unpaired) electrons. The second-order valence-corrected chi connectivity index (χ2v) is 9.46. The van der Waals surface area contributed by atoms with Gasteiger partial charge in [0.1, 0.15) is 5.82 Å². The minimum atomic E-state index is -0.388. The van der Waals surface area contributed by atoms with Crippen LogP contribution >= 0.6 is 0 Å². The van der Waals surface area contributed by atoms with Crippen LogP contribution in [-0.2, 0) is 4.79 Å². The van der Waals surface area contributed by atoms with Crippen LogP contribution in [0.15, 0.2) is 42.5 Å². The van der Waals surface area contributed by atoms with E-state index in [4.69, 9.17) is 0 Å². The van der Waals surface area contributed by atoms with Crippen molar-refractivity contribution in [1.82, 2.24) is 9.80 Å². The van der Waals surface area contributed by atoms with Gasteiger partial charge in [-0.3, -0.25) is 14.4 Å². The van der Waals surface area contributed by atoms with Gasteiger partial charge in [0.2, 0.25) is 5.91 Å². The number of anilines is 1. The molecule has 0 saturated carbocycles. The van der Waals surface area contributed by atoms with E-state index in [-0.39, 0.29) is 35.5 Å². The summed E-state index contributed by atoms with van der Waals surface area (Å²) in [6.07, 6.45) is 4.64. The quantitative estimate of drug-likeness (QED) is 0.715. The molecule has 2 heterocycles. The van der Waals surface area contributed by atoms with Gasteiger partial charge < -0.3 is 15.1 Å². The molecule has 34 heavy (non-hydrogen) atoms. The molecule has 180 valence electrons. The summed E-state index contributed by atoms with van der Waals surface area (Å²) in [6, 6.07) is 11.1. The number of likely N-dealkylation sites (tertiary alicyclic amines) is 2. The number of halogens is 1. The molecular formula is C27H32FN3O3. The van der Waals surface area contributed by atoms with E-state index in [9.17, 15) is 18.8 Å². The van der Waals surface area contributed by atoms with Crippen molar-refractivity contribution < 1.29 is 18.8 Å². The molecule has 2 aromatic carbocycles. The molecule has 0 spiro atoms. The van der Waals surface area contributed by atoms with Gasteiger partial charge in [-0.15, -0.1) is 0 Å². The number of aryl methyl sites for hydroxylation is 1. The Balaban J connectivity index is 1.39. The first-order valence-electron chi connectivity index (χ1n) is 12.1. The Hall–Kier alpha value is -3.22. The largest absolute Gasteiger partial charge is 0.338 e. The highest BCUT2D eigenvalue weighted by molar-refractivity contribution is 5.98. The molecule has 6 nitrogen and oxygen atoms in total. The lowest BCUT2D eigenvalue weighted by atomic mass is 9.96. The molecule has 2 fully saturated rings. The first-order chi connectivity index (χ1) is 16.3. The normalized spacial score (nSPS) is 20.7. The lowest BCUT2D eigenvalue weighted by Crippen LogP contribution is -2.43. The number of nitrogens with zero attached hydrogens (tertiary/aromatic N) is 2. The highest BCUT2D eigenvalue weighted by Gasteiger charge is 2.29. The van der Waals surface area contributed by atoms with Gasteiger partial charge in [0.15, 0.2) is 0 Å². The predicted octanol–water partition coefficient (Wildman–Crippen LogP) is 4.64. The minimum Gasteiger partial charge on any atom is -0.338 e. The highest BCUT2D eigenvalue weighted by Crippen LogP contribution is 2.25. The third-order valence-corrected chi connectivity index (χ3v) is 6.97. The van der Waals surface area contributed by atoms with Crippen molar-refractivity contribution in [2.75, 3.05) is 25.0 Å². The van der Waals surface area contributed by atoms with Crippen LogP contribution in [0.2, 0.25) is 0 Å². The van der Waals surface area contributed by atoms with Crippen LogP contribution in [0.25, 0.3) is 0 Å². The molecule has 3 amide bonds. The molecule has 7 heteroatoms. The number of hydrogen-bond donors (Lipinski definition) is 1. The predicted molar refractivity (Wildman–Crippen MR) is 129 cm³/mol. The van der Waals surface area contributed by atoms with Gasteiger partial charge in [-0.2, -0.15) is 0 Å². The summed E-state index contributed by atoms with van der Waals surface area (Å²) in [4.78, 5) is 42.3. The van der Waals surface area contributed by atoms with E-state index in [1.54, 1.807) is 17.0 Å². The Morgan fingerprint density at radius 2 is 1.65 bits per heavy atom. The molecule has 2 unspecified atom stereocenters. The maximum atomic E-state index is 13.2. The van der Waals surface area contributed by atoms with Crippen molar-refractivity contribution in [2.45, 2.75) is 52.0 Å². The second-order valence-electron chi connectivity index (χ2n) is 9.46. The van der Waals surface area contributed by atoms with Gasteiger partial charge in [-0.1, -0.05) is 0 Å². The molecular weight excluding hydrogens is 433 g/mol. The van der Waals surface area contributed by atoms with Gasteiger partial charge in [-0.05, 0) is 94.0 Å². The Kier molecular flexibility index (Phi) is 7.29. The van der Waals surface area contributed by atoms with E-state index >= 15 is 0 Å². The molecule has 4 rings (SSSR count). The number of piperidine rings is 2. The van der Waals surface area contributed by atoms with Gasteiger partial charge >= 0.3 is 0 Å². The first-order valence-corrected chi connectivity index (χ1v) is 12.1. The van der Waals surface area contributed by atoms with E-state index in [0.29, 0.717) is 36.3 Å². The average Bonchev–Trinajstić information content (AvgIpc) is 2.85. The number of hydrogen-bond acceptors (Lipinski definition) is 3. The molecule has 2 aliphatic heterocycles. The lowest BCUT2D eigenvalue weighted by Gasteiger charge is -2.33. The summed E-state index contributed by atoms with van der Waals surface area (Å²) in [6.45, 7) is 5.66. The van der Waals surface area contributed by atoms with E-state index < -0.39 is 0 Å². The number of carbonyl (C=O) groups is 3. The van der Waals surface area contributed by atoms with E-state index in [0.717, 1.165) is 37.8 Å². The SMILES string of the molecule is Cc1cc(C(=O)N2CCCCC2C)ccc1NC(=O)C1CCCN(C(=O)c2ccc(F)cc2)C1. The zero-order valence-electron chi connectivity index (χ0n) is 19.9. The smallest absolute Gasteiger partial charge is 0.254 e. The third kappa shape index (κ3) is 5.29. The maximum Gasteiger partial charge on any atom is 0.254 e. The van der Waals surface area contributed by atoms with Crippen molar-refractivity contribution in [3.05, 3.63) is 65.0 Å². The van der Waals surface area contributed by atoms with Crippen LogP contribution in [0.1, 0.15) is 65.3 Å². The van der Waals surface area contributed by atoms with Crippen LogP contribution in [-0.4, -0.2) is 53.2 Å². The van der Waals surface area contributed by atoms with Crippen molar-refractivity contribution in [2.24, 2.45) is 5.92 Å². The van der Waals surface area contributed by atoms with E-state index in [1.165, 1.54) is 24.3 Å². The lowest BCUT2D eigenvalue weighted by molar-refractivity contribution is -0.121. The Labute approximate surface area is 200 Å². The minimum absolute atomic E-state index is 0.0374. The Morgan fingerprint density at radius 3 is 2.35 bits per heavy atom. The van der Waals surface area contributed by atoms with Crippen LogP contribution in [0, 0.1) is 18.7 Å². The van der Waals surface area contributed by atoms with Gasteiger partial charge in [0.05, 0.1) is 5.92 Å². The second kappa shape index (κ2) is 10.4. The Morgan fingerprint density at radius 1 is 0.912 bits per heavy atom. The molecule has 2 aromatic rings. The van der Waals surface area contributed by atoms with Gasteiger partial charge in [0.25, 0.3) is 11.8 Å². The Bertz CT molecular complexity index is 1070. The molecule has 2 saturated heterocycles. The summed E-state index contributed by atoms with van der Waals surface area (Å²) in [5.74, 6) is -1.00. The third-order valence-electron chi connectivity index (χ3n) is 6.97. The molecule has 0 bridgehead atoms. The van der Waals surface area contributed by atoms with Crippen molar-refractivity contribution in [3.63, 3.8) is 0 Å². The highest BCUT2D eigenvalue weighted by atomic mass is 19.1. The van der Waals surface area contributed by atoms with Crippen LogP contribution < -0.4 is 5.32 Å². The standard InChI is InChI=1S/C27H32FN3O3/c1-18-16-21(27(34)31-15-4-3-6-19(31)2)10-13-24(18)29-25(32)22-7-5-14-30(17-22)26(33)20-8-11-23(28)12-9-20/h8-13,16,19,22H,3-7,14-15,17H2,1-2H3,(H,29,32). The number of carbonyl (C=O) groups excluding carboxylic acids is 3. The van der Waals surface area contributed by atoms with Crippen LogP contribution in [0.3, 0.4) is 0 Å². The summed E-state index contributed by atoms with van der Waals surface area (Å²) in [7, 11) is 0. The molecule has 2 atom stereocenters. The fourth-order valence-electron chi connectivity index (χ4n) is 4.89. The zero-order chi connectivity index (χ0) is 24.2. The number of amides is 3. The fourth-order valence-corrected chi connectivity index (χ4v) is 4.89. The number of benzene rings is 2. The molecule has 0 aromatic heterocycles. The number of nitrogens with one attached hydrogen (secondary N) is 1. The van der Waals surface area contributed by atoms with E-state index in [1.807, 2.05) is 17.9 Å². The maximum absolute atomic E-state index is 13.2. The van der Waals surface area contributed by atoms with Crippen molar-refractivity contribution >= 4 is 23.4 Å². The first kappa shape index (κ1) is 23.9. The van der Waals surface area contributed by atoms with Crippen LogP contribution in [0.5, 0.6) is 0 Å². The van der Waals surface area contributed by atoms with Gasteiger partial charge in [0, 0.05) is 42.5 Å². The monoisotopic (exact) mass is 465 g/mol. The van der Waals surface area contributed by atoms with Gasteiger partial charge in [-0.25, -0.2) is 4.39 Å². The van der Waals surface area contributed by atoms with Crippen LogP contribution in [0.4, 0.5) is 10.1 Å². The van der Waals surface area contributed by atoms with Crippen molar-refractivity contribution in [3.8, 4) is 0 Å². The summed E-state index contributed by atoms with van der Waals surface area (Å²) >= 11 is 0. The topological polar surface area (TPSA) is 69.7 Å². The van der Waals surface area contributed by atoms with E-state index in [2.05, 4.69) is 12.2 Å². The molecule has 2 aliphatic rings. The summed E-state index contributed by atoms with van der Waals surface area (Å²) in [5.41, 5.74) is 2.56. The average molecular weight is 466 g/mol. The fraction of sp³-hybridized carbons (Fsp3) is 0.444. The van der Waals surface area contributed by atoms with Crippen molar-refractivity contribution in [1.29, 1.82) is 0 Å². The summed E-state index contributed by atoms with van der Waals surface area (Å²) < 4.78 is 13.2. The molecule has 0 aliphatic carbocycles. The molecule has 1 N–H and O–H groups in total.